The van der Waals surface area contributed by atoms with Crippen LogP contribution in [0, 0.1) is 17.3 Å². The molecule has 0 radical (unpaired) electrons. The summed E-state index contributed by atoms with van der Waals surface area (Å²) in [6.45, 7) is 10.6. The molecular formula is C22H26O2. The van der Waals surface area contributed by atoms with E-state index in [2.05, 4.69) is 45.6 Å². The van der Waals surface area contributed by atoms with Crippen LogP contribution in [-0.2, 0) is 4.74 Å². The van der Waals surface area contributed by atoms with Gasteiger partial charge in [0, 0.05) is 11.3 Å². The van der Waals surface area contributed by atoms with Gasteiger partial charge in [0.15, 0.2) is 0 Å². The van der Waals surface area contributed by atoms with E-state index in [0.717, 1.165) is 18.4 Å². The lowest BCUT2D eigenvalue weighted by molar-refractivity contribution is -0.0153. The van der Waals surface area contributed by atoms with Gasteiger partial charge in [-0.2, -0.15) is 0 Å². The average Bonchev–Trinajstić information content (AvgIpc) is 2.56. The normalized spacial score (nSPS) is 31.8. The molecule has 1 aromatic carbocycles. The minimum Gasteiger partial charge on any atom is -0.458 e. The van der Waals surface area contributed by atoms with Crippen LogP contribution in [0.2, 0.25) is 0 Å². The van der Waals surface area contributed by atoms with Crippen molar-refractivity contribution in [1.82, 2.24) is 0 Å². The summed E-state index contributed by atoms with van der Waals surface area (Å²) in [5.74, 6) is 0.421. The Hall–Kier alpha value is -2.09. The smallest absolute Gasteiger partial charge is 0.338 e. The Morgan fingerprint density at radius 1 is 1.29 bits per heavy atom. The molecule has 2 aliphatic carbocycles. The van der Waals surface area contributed by atoms with E-state index >= 15 is 0 Å². The third-order valence-electron chi connectivity index (χ3n) is 5.57. The zero-order chi connectivity index (χ0) is 17.3. The molecule has 0 aliphatic heterocycles. The first-order valence-electron chi connectivity index (χ1n) is 8.72. The van der Waals surface area contributed by atoms with Gasteiger partial charge in [0.05, 0.1) is 5.56 Å². The van der Waals surface area contributed by atoms with Crippen LogP contribution in [0.1, 0.15) is 44.0 Å². The highest BCUT2D eigenvalue weighted by Gasteiger charge is 2.46. The summed E-state index contributed by atoms with van der Waals surface area (Å²) in [6, 6.07) is 9.26. The summed E-state index contributed by atoms with van der Waals surface area (Å²) in [4.78, 5) is 12.6. The van der Waals surface area contributed by atoms with Crippen LogP contribution in [0.4, 0.5) is 0 Å². The molecule has 2 aliphatic rings. The number of carbonyl (C=O) groups excluding carboxylic acids is 1. The number of hydrogen-bond acceptors (Lipinski definition) is 2. The molecule has 0 bridgehead atoms. The molecule has 0 spiro atoms. The molecule has 126 valence electrons. The van der Waals surface area contributed by atoms with Gasteiger partial charge in [-0.25, -0.2) is 4.79 Å². The number of carbonyl (C=O) groups is 1. The Labute approximate surface area is 144 Å². The molecule has 2 nitrogen and oxygen atoms in total. The Balaban J connectivity index is 1.91. The number of esters is 1. The van der Waals surface area contributed by atoms with E-state index in [0.29, 0.717) is 11.5 Å². The molecule has 0 heterocycles. The van der Waals surface area contributed by atoms with Gasteiger partial charge in [0.25, 0.3) is 0 Å². The second kappa shape index (κ2) is 6.43. The van der Waals surface area contributed by atoms with Crippen molar-refractivity contribution in [2.45, 2.75) is 39.7 Å². The number of ether oxygens (including phenoxy) is 1. The predicted molar refractivity (Wildman–Crippen MR) is 97.7 cm³/mol. The molecule has 2 heteroatoms. The fourth-order valence-corrected chi connectivity index (χ4v) is 3.99. The van der Waals surface area contributed by atoms with Crippen molar-refractivity contribution in [1.29, 1.82) is 0 Å². The quantitative estimate of drug-likeness (QED) is 0.555. The topological polar surface area (TPSA) is 26.3 Å². The van der Waals surface area contributed by atoms with E-state index in [1.54, 1.807) is 0 Å². The minimum atomic E-state index is -0.231. The van der Waals surface area contributed by atoms with Crippen molar-refractivity contribution in [3.63, 3.8) is 0 Å². The molecule has 0 unspecified atom stereocenters. The third-order valence-corrected chi connectivity index (χ3v) is 5.57. The zero-order valence-corrected chi connectivity index (χ0v) is 14.8. The standard InChI is InChI=1S/C22H26O2/c1-15(2)18-13-19-16(3)9-8-12-22(19,4)20(14-18)24-21(23)17-10-6-5-7-11-17/h5-11,13,16,18,20H,1,12,14H2,2-4H3/t16-,18+,20+,22-/m1/s1. The van der Waals surface area contributed by atoms with Crippen molar-refractivity contribution in [3.8, 4) is 0 Å². The van der Waals surface area contributed by atoms with Gasteiger partial charge < -0.3 is 4.74 Å². The second-order valence-corrected chi connectivity index (χ2v) is 7.41. The van der Waals surface area contributed by atoms with Crippen molar-refractivity contribution in [3.05, 3.63) is 71.8 Å². The van der Waals surface area contributed by atoms with Crippen LogP contribution in [-0.4, -0.2) is 12.1 Å². The van der Waals surface area contributed by atoms with E-state index in [4.69, 9.17) is 4.74 Å². The average molecular weight is 322 g/mol. The van der Waals surface area contributed by atoms with Crippen LogP contribution in [0.15, 0.2) is 66.3 Å². The predicted octanol–water partition coefficient (Wildman–Crippen LogP) is 5.34. The molecule has 0 fully saturated rings. The number of allylic oxidation sites excluding steroid dienone is 4. The van der Waals surface area contributed by atoms with Gasteiger partial charge in [0.1, 0.15) is 6.10 Å². The first kappa shape index (κ1) is 16.8. The van der Waals surface area contributed by atoms with Crippen LogP contribution in [0.25, 0.3) is 0 Å². The lowest BCUT2D eigenvalue weighted by atomic mass is 9.61. The van der Waals surface area contributed by atoms with Crippen molar-refractivity contribution in [2.75, 3.05) is 0 Å². The number of fused-ring (bicyclic) bond motifs is 1. The van der Waals surface area contributed by atoms with Crippen molar-refractivity contribution in [2.24, 2.45) is 17.3 Å². The van der Waals surface area contributed by atoms with E-state index in [1.807, 2.05) is 30.3 Å². The highest BCUT2D eigenvalue weighted by molar-refractivity contribution is 5.89. The molecule has 0 saturated carbocycles. The molecule has 24 heavy (non-hydrogen) atoms. The Kier molecular flexibility index (Phi) is 4.49. The van der Waals surface area contributed by atoms with Crippen molar-refractivity contribution >= 4 is 5.97 Å². The SMILES string of the molecule is C=C(C)[C@H]1C=C2[C@H](C)C=CC[C@@]2(C)[C@@H](OC(=O)c2ccccc2)C1. The summed E-state index contributed by atoms with van der Waals surface area (Å²) in [5, 5.41) is 0. The van der Waals surface area contributed by atoms with Gasteiger partial charge in [-0.15, -0.1) is 0 Å². The molecular weight excluding hydrogens is 296 g/mol. The summed E-state index contributed by atoms with van der Waals surface area (Å²) < 4.78 is 6.02. The third kappa shape index (κ3) is 2.98. The first-order chi connectivity index (χ1) is 11.4. The highest BCUT2D eigenvalue weighted by Crippen LogP contribution is 2.50. The molecule has 4 atom stereocenters. The van der Waals surface area contributed by atoms with Crippen LogP contribution in [0.5, 0.6) is 0 Å². The van der Waals surface area contributed by atoms with Crippen LogP contribution in [0.3, 0.4) is 0 Å². The number of benzene rings is 1. The monoisotopic (exact) mass is 322 g/mol. The van der Waals surface area contributed by atoms with E-state index in [-0.39, 0.29) is 23.4 Å². The largest absolute Gasteiger partial charge is 0.458 e. The fourth-order valence-electron chi connectivity index (χ4n) is 3.99. The maximum Gasteiger partial charge on any atom is 0.338 e. The minimum absolute atomic E-state index is 0.120. The van der Waals surface area contributed by atoms with Gasteiger partial charge in [-0.05, 0) is 37.8 Å². The van der Waals surface area contributed by atoms with Gasteiger partial charge in [-0.1, -0.05) is 68.0 Å². The molecule has 1 aromatic rings. The van der Waals surface area contributed by atoms with Crippen LogP contribution >= 0.6 is 0 Å². The molecule has 0 N–H and O–H groups in total. The fraction of sp³-hybridized carbons (Fsp3) is 0.409. The second-order valence-electron chi connectivity index (χ2n) is 7.41. The summed E-state index contributed by atoms with van der Waals surface area (Å²) >= 11 is 0. The van der Waals surface area contributed by atoms with Gasteiger partial charge >= 0.3 is 5.97 Å². The summed E-state index contributed by atoms with van der Waals surface area (Å²) in [7, 11) is 0. The van der Waals surface area contributed by atoms with E-state index in [1.165, 1.54) is 5.57 Å². The Bertz CT molecular complexity index is 698. The van der Waals surface area contributed by atoms with Gasteiger partial charge in [-0.3, -0.25) is 0 Å². The highest BCUT2D eigenvalue weighted by atomic mass is 16.5. The molecule has 0 amide bonds. The zero-order valence-electron chi connectivity index (χ0n) is 14.8. The number of hydrogen-bond donors (Lipinski definition) is 0. The summed E-state index contributed by atoms with van der Waals surface area (Å²) in [6.07, 6.45) is 8.45. The van der Waals surface area contributed by atoms with E-state index in [9.17, 15) is 4.79 Å². The molecule has 3 rings (SSSR count). The van der Waals surface area contributed by atoms with Crippen molar-refractivity contribution < 1.29 is 9.53 Å². The van der Waals surface area contributed by atoms with Crippen LogP contribution < -0.4 is 0 Å². The maximum absolute atomic E-state index is 12.6. The maximum atomic E-state index is 12.6. The summed E-state index contributed by atoms with van der Waals surface area (Å²) in [5.41, 5.74) is 3.01. The van der Waals surface area contributed by atoms with E-state index < -0.39 is 0 Å². The van der Waals surface area contributed by atoms with Gasteiger partial charge in [0.2, 0.25) is 0 Å². The first-order valence-corrected chi connectivity index (χ1v) is 8.72. The number of rotatable bonds is 3. The molecule has 0 aromatic heterocycles. The lowest BCUT2D eigenvalue weighted by Crippen LogP contribution is -2.44. The Morgan fingerprint density at radius 3 is 2.67 bits per heavy atom. The Morgan fingerprint density at radius 2 is 2.00 bits per heavy atom. The molecule has 0 saturated heterocycles. The lowest BCUT2D eigenvalue weighted by Gasteiger charge is -2.47.